The van der Waals surface area contributed by atoms with Crippen LogP contribution in [0.2, 0.25) is 0 Å². The molecule has 1 aromatic carbocycles. The lowest BCUT2D eigenvalue weighted by molar-refractivity contribution is 0.157. The highest BCUT2D eigenvalue weighted by molar-refractivity contribution is 5.89. The molecule has 0 amide bonds. The van der Waals surface area contributed by atoms with E-state index in [2.05, 4.69) is 19.8 Å². The van der Waals surface area contributed by atoms with Crippen LogP contribution in [0.3, 0.4) is 0 Å². The topological polar surface area (TPSA) is 108 Å². The molecule has 226 valence electrons. The number of hydrogen-bond donors (Lipinski definition) is 1. The van der Waals surface area contributed by atoms with Crippen LogP contribution in [0, 0.1) is 5.82 Å². The molecular weight excluding hydrogens is 551 g/mol. The molecule has 0 saturated carbocycles. The molecule has 1 fully saturated rings. The minimum absolute atomic E-state index is 0.0459. The summed E-state index contributed by atoms with van der Waals surface area (Å²) in [7, 11) is 1.60. The fourth-order valence-electron chi connectivity index (χ4n) is 6.15. The van der Waals surface area contributed by atoms with Gasteiger partial charge in [0, 0.05) is 56.2 Å². The molecule has 0 spiro atoms. The van der Waals surface area contributed by atoms with Crippen molar-refractivity contribution < 1.29 is 18.6 Å². The van der Waals surface area contributed by atoms with E-state index in [0.29, 0.717) is 53.6 Å². The molecule has 2 aliphatic heterocycles. The zero-order chi connectivity index (χ0) is 30.1. The Morgan fingerprint density at radius 2 is 2.07 bits per heavy atom. The van der Waals surface area contributed by atoms with E-state index in [9.17, 15) is 4.79 Å². The molecule has 6 rings (SSSR count). The van der Waals surface area contributed by atoms with Crippen molar-refractivity contribution in [2.45, 2.75) is 51.9 Å². The zero-order valence-electron chi connectivity index (χ0n) is 24.8. The molecule has 2 unspecified atom stereocenters. The number of ether oxygens (including phenoxy) is 3. The van der Waals surface area contributed by atoms with Gasteiger partial charge in [0.1, 0.15) is 12.4 Å². The Bertz CT molecular complexity index is 1680. The Labute approximate surface area is 249 Å². The highest BCUT2D eigenvalue weighted by atomic mass is 19.1. The molecule has 2 N–H and O–H groups in total. The molecule has 4 aromatic rings. The van der Waals surface area contributed by atoms with E-state index in [1.807, 2.05) is 48.1 Å². The van der Waals surface area contributed by atoms with Crippen molar-refractivity contribution in [2.75, 3.05) is 44.0 Å². The van der Waals surface area contributed by atoms with Gasteiger partial charge in [-0.05, 0) is 56.5 Å². The summed E-state index contributed by atoms with van der Waals surface area (Å²) in [6.45, 7) is 7.09. The van der Waals surface area contributed by atoms with Crippen LogP contribution < -0.4 is 30.3 Å². The molecule has 11 heteroatoms. The monoisotopic (exact) mass is 588 g/mol. The molecule has 0 aliphatic carbocycles. The SMILES string of the molecule is CCOc1c(F)cc2c(=O)c(CN(Cc3ccnc(OC)c3)C3CCCN(c4ccc(N)nc4)C3)cn3c2c1OCC3C. The molecule has 0 radical (unpaired) electrons. The van der Waals surface area contributed by atoms with Crippen LogP contribution in [0.15, 0.2) is 53.7 Å². The largest absolute Gasteiger partial charge is 0.487 e. The normalized spacial score (nSPS) is 18.1. The maximum atomic E-state index is 15.3. The van der Waals surface area contributed by atoms with Crippen LogP contribution in [-0.2, 0) is 13.1 Å². The second-order valence-electron chi connectivity index (χ2n) is 11.2. The highest BCUT2D eigenvalue weighted by Gasteiger charge is 2.30. The van der Waals surface area contributed by atoms with E-state index in [1.165, 1.54) is 6.07 Å². The van der Waals surface area contributed by atoms with Crippen LogP contribution in [-0.4, -0.2) is 58.9 Å². The van der Waals surface area contributed by atoms with Gasteiger partial charge in [-0.25, -0.2) is 14.4 Å². The summed E-state index contributed by atoms with van der Waals surface area (Å²) in [6.07, 6.45) is 7.40. The van der Waals surface area contributed by atoms with Gasteiger partial charge in [-0.2, -0.15) is 0 Å². The molecular formula is C32H37FN6O4. The second kappa shape index (κ2) is 12.1. The van der Waals surface area contributed by atoms with Gasteiger partial charge >= 0.3 is 0 Å². The van der Waals surface area contributed by atoms with E-state index < -0.39 is 5.82 Å². The van der Waals surface area contributed by atoms with E-state index in [0.717, 1.165) is 37.2 Å². The van der Waals surface area contributed by atoms with E-state index in [1.54, 1.807) is 20.2 Å². The third-order valence-electron chi connectivity index (χ3n) is 8.30. The van der Waals surface area contributed by atoms with Crippen molar-refractivity contribution in [1.82, 2.24) is 19.4 Å². The van der Waals surface area contributed by atoms with E-state index in [-0.39, 0.29) is 29.9 Å². The van der Waals surface area contributed by atoms with Crippen LogP contribution in [0.1, 0.15) is 43.9 Å². The summed E-state index contributed by atoms with van der Waals surface area (Å²) in [4.78, 5) is 27.2. The summed E-state index contributed by atoms with van der Waals surface area (Å²) < 4.78 is 34.2. The van der Waals surface area contributed by atoms with Gasteiger partial charge in [0.2, 0.25) is 5.88 Å². The van der Waals surface area contributed by atoms with E-state index in [4.69, 9.17) is 19.9 Å². The average Bonchev–Trinajstić information content (AvgIpc) is 3.02. The summed E-state index contributed by atoms with van der Waals surface area (Å²) in [5, 5.41) is 0.295. The van der Waals surface area contributed by atoms with E-state index >= 15 is 4.39 Å². The second-order valence-corrected chi connectivity index (χ2v) is 11.2. The molecule has 0 bridgehead atoms. The maximum absolute atomic E-state index is 15.3. The van der Waals surface area contributed by atoms with Crippen molar-refractivity contribution in [3.63, 3.8) is 0 Å². The summed E-state index contributed by atoms with van der Waals surface area (Å²) >= 11 is 0. The molecule has 3 aromatic heterocycles. The number of methoxy groups -OCH3 is 1. The highest BCUT2D eigenvalue weighted by Crippen LogP contribution is 2.41. The Morgan fingerprint density at radius 1 is 1.21 bits per heavy atom. The van der Waals surface area contributed by atoms with Crippen molar-refractivity contribution in [1.29, 1.82) is 0 Å². The number of nitrogen functional groups attached to an aromatic ring is 1. The van der Waals surface area contributed by atoms with Crippen molar-refractivity contribution in [3.05, 3.63) is 76.1 Å². The fraction of sp³-hybridized carbons (Fsp3) is 0.406. The Kier molecular flexibility index (Phi) is 8.07. The number of hydrogen-bond acceptors (Lipinski definition) is 9. The molecule has 5 heterocycles. The van der Waals surface area contributed by atoms with Gasteiger partial charge in [-0.15, -0.1) is 0 Å². The number of nitrogens with two attached hydrogens (primary N) is 1. The quantitative estimate of drug-likeness (QED) is 0.301. The smallest absolute Gasteiger partial charge is 0.213 e. The number of halogens is 1. The average molecular weight is 589 g/mol. The van der Waals surface area contributed by atoms with Crippen molar-refractivity contribution in [2.24, 2.45) is 0 Å². The van der Waals surface area contributed by atoms with Crippen molar-refractivity contribution in [3.8, 4) is 17.4 Å². The zero-order valence-corrected chi connectivity index (χ0v) is 24.8. The Balaban J connectivity index is 1.40. The minimum atomic E-state index is -0.597. The van der Waals surface area contributed by atoms with Gasteiger partial charge < -0.3 is 29.4 Å². The lowest BCUT2D eigenvalue weighted by Gasteiger charge is -2.40. The first-order valence-electron chi connectivity index (χ1n) is 14.7. The van der Waals surface area contributed by atoms with Crippen molar-refractivity contribution >= 4 is 22.4 Å². The van der Waals surface area contributed by atoms with Gasteiger partial charge in [-0.1, -0.05) is 0 Å². The summed E-state index contributed by atoms with van der Waals surface area (Å²) in [5.74, 6) is 0.766. The van der Waals surface area contributed by atoms with Gasteiger partial charge in [-0.3, -0.25) is 9.69 Å². The predicted octanol–water partition coefficient (Wildman–Crippen LogP) is 4.54. The lowest BCUT2D eigenvalue weighted by atomic mass is 10.0. The fourth-order valence-corrected chi connectivity index (χ4v) is 6.15. The number of nitrogens with zero attached hydrogens (tertiary/aromatic N) is 5. The molecule has 1 saturated heterocycles. The number of rotatable bonds is 9. The summed E-state index contributed by atoms with van der Waals surface area (Å²) in [6, 6.07) is 9.08. The molecule has 43 heavy (non-hydrogen) atoms. The third kappa shape index (κ3) is 5.69. The standard InChI is InChI=1S/C32H37FN6O4/c1-4-42-31-26(33)13-25-29-32(31)43-19-20(2)39(29)17-22(30(25)40)16-38(15-21-9-10-35-28(12-21)41-3)24-6-5-11-37(18-24)23-7-8-27(34)36-14-23/h7-10,12-14,17,20,24H,4-6,11,15-16,18-19H2,1-3H3,(H2,34,36). The number of aromatic nitrogens is 3. The van der Waals surface area contributed by atoms with Crippen LogP contribution in [0.4, 0.5) is 15.9 Å². The first-order chi connectivity index (χ1) is 20.9. The van der Waals surface area contributed by atoms with Gasteiger partial charge in [0.25, 0.3) is 0 Å². The number of benzene rings is 1. The van der Waals surface area contributed by atoms with Crippen LogP contribution in [0.25, 0.3) is 10.9 Å². The Hall–Kier alpha value is -4.38. The van der Waals surface area contributed by atoms with Gasteiger partial charge in [0.05, 0.1) is 42.5 Å². The first kappa shape index (κ1) is 28.7. The third-order valence-corrected chi connectivity index (χ3v) is 8.30. The van der Waals surface area contributed by atoms with Crippen LogP contribution >= 0.6 is 0 Å². The van der Waals surface area contributed by atoms with Gasteiger partial charge in [0.15, 0.2) is 22.7 Å². The lowest BCUT2D eigenvalue weighted by Crippen LogP contribution is -2.48. The van der Waals surface area contributed by atoms with Crippen LogP contribution in [0.5, 0.6) is 17.4 Å². The molecule has 2 atom stereocenters. The summed E-state index contributed by atoms with van der Waals surface area (Å²) in [5.41, 5.74) is 8.84. The number of anilines is 2. The molecule has 10 nitrogen and oxygen atoms in total. The maximum Gasteiger partial charge on any atom is 0.213 e. The number of pyridine rings is 3. The number of piperidine rings is 1. The molecule has 2 aliphatic rings. The Morgan fingerprint density at radius 3 is 2.84 bits per heavy atom. The predicted molar refractivity (Wildman–Crippen MR) is 163 cm³/mol. The minimum Gasteiger partial charge on any atom is -0.487 e. The first-order valence-corrected chi connectivity index (χ1v) is 14.7.